The number of anilines is 1. The van der Waals surface area contributed by atoms with E-state index in [0.29, 0.717) is 6.42 Å². The molecule has 20 heavy (non-hydrogen) atoms. The molecule has 3 N–H and O–H groups in total. The monoisotopic (exact) mass is 288 g/mol. The van der Waals surface area contributed by atoms with Crippen LogP contribution in [-0.2, 0) is 6.18 Å². The zero-order valence-corrected chi connectivity index (χ0v) is 11.7. The standard InChI is InChI=1S/C14H19F3N2O/c1-4-11(8(2)3)19-13(20)9-6-5-7-10(12(9)18)14(15,16)17/h5-8,11H,4,18H2,1-3H3,(H,19,20). The Labute approximate surface area is 116 Å². The molecule has 0 saturated carbocycles. The van der Waals surface area contributed by atoms with E-state index in [0.717, 1.165) is 6.07 Å². The average molecular weight is 288 g/mol. The molecule has 0 saturated heterocycles. The van der Waals surface area contributed by atoms with Crippen molar-refractivity contribution in [2.24, 2.45) is 5.92 Å². The van der Waals surface area contributed by atoms with Crippen LogP contribution in [0.5, 0.6) is 0 Å². The molecule has 0 fully saturated rings. The highest BCUT2D eigenvalue weighted by Gasteiger charge is 2.34. The van der Waals surface area contributed by atoms with Crippen molar-refractivity contribution in [1.29, 1.82) is 0 Å². The summed E-state index contributed by atoms with van der Waals surface area (Å²) in [6, 6.07) is 3.25. The molecule has 0 bridgehead atoms. The smallest absolute Gasteiger partial charge is 0.398 e. The second-order valence-electron chi connectivity index (χ2n) is 5.00. The molecule has 112 valence electrons. The maximum Gasteiger partial charge on any atom is 0.418 e. The predicted molar refractivity (Wildman–Crippen MR) is 72.2 cm³/mol. The third-order valence-corrected chi connectivity index (χ3v) is 3.22. The number of hydrogen-bond donors (Lipinski definition) is 2. The van der Waals surface area contributed by atoms with Gasteiger partial charge in [-0.05, 0) is 24.5 Å². The number of halogens is 3. The van der Waals surface area contributed by atoms with E-state index >= 15 is 0 Å². The SMILES string of the molecule is CCC(NC(=O)c1cccc(C(F)(F)F)c1N)C(C)C. The maximum absolute atomic E-state index is 12.7. The van der Waals surface area contributed by atoms with Crippen molar-refractivity contribution in [3.63, 3.8) is 0 Å². The number of carbonyl (C=O) groups is 1. The molecule has 0 radical (unpaired) electrons. The summed E-state index contributed by atoms with van der Waals surface area (Å²) in [4.78, 5) is 12.1. The van der Waals surface area contributed by atoms with E-state index in [2.05, 4.69) is 5.32 Å². The Balaban J connectivity index is 3.06. The van der Waals surface area contributed by atoms with Crippen molar-refractivity contribution < 1.29 is 18.0 Å². The number of hydrogen-bond acceptors (Lipinski definition) is 2. The Morgan fingerprint density at radius 3 is 2.40 bits per heavy atom. The van der Waals surface area contributed by atoms with E-state index in [1.54, 1.807) is 0 Å². The van der Waals surface area contributed by atoms with Crippen LogP contribution in [0.2, 0.25) is 0 Å². The summed E-state index contributed by atoms with van der Waals surface area (Å²) in [5.41, 5.74) is 3.83. The van der Waals surface area contributed by atoms with E-state index in [9.17, 15) is 18.0 Å². The molecule has 1 aromatic carbocycles. The van der Waals surface area contributed by atoms with E-state index in [1.165, 1.54) is 12.1 Å². The van der Waals surface area contributed by atoms with Crippen LogP contribution in [0.1, 0.15) is 43.1 Å². The second-order valence-corrected chi connectivity index (χ2v) is 5.00. The molecule has 1 atom stereocenters. The Morgan fingerprint density at radius 1 is 1.35 bits per heavy atom. The fourth-order valence-electron chi connectivity index (χ4n) is 2.00. The van der Waals surface area contributed by atoms with Crippen LogP contribution in [0.25, 0.3) is 0 Å². The van der Waals surface area contributed by atoms with Gasteiger partial charge in [0.1, 0.15) is 0 Å². The Bertz CT molecular complexity index is 484. The van der Waals surface area contributed by atoms with Crippen LogP contribution in [0.4, 0.5) is 18.9 Å². The van der Waals surface area contributed by atoms with Gasteiger partial charge in [0.2, 0.25) is 0 Å². The summed E-state index contributed by atoms with van der Waals surface area (Å²) >= 11 is 0. The summed E-state index contributed by atoms with van der Waals surface area (Å²) in [7, 11) is 0. The number of rotatable bonds is 4. The quantitative estimate of drug-likeness (QED) is 0.834. The normalized spacial score (nSPS) is 13.3. The summed E-state index contributed by atoms with van der Waals surface area (Å²) in [5.74, 6) is -0.384. The summed E-state index contributed by atoms with van der Waals surface area (Å²) < 4.78 is 38.2. The first-order chi connectivity index (χ1) is 9.18. The van der Waals surface area contributed by atoms with E-state index in [4.69, 9.17) is 5.73 Å². The third-order valence-electron chi connectivity index (χ3n) is 3.22. The minimum absolute atomic E-state index is 0.101. The van der Waals surface area contributed by atoms with Gasteiger partial charge in [0, 0.05) is 6.04 Å². The highest BCUT2D eigenvalue weighted by atomic mass is 19.4. The number of benzene rings is 1. The lowest BCUT2D eigenvalue weighted by Gasteiger charge is -2.21. The summed E-state index contributed by atoms with van der Waals surface area (Å²) in [5, 5.41) is 2.72. The molecule has 1 aromatic rings. The Kier molecular flexibility index (Phi) is 5.03. The number of nitrogens with two attached hydrogens (primary N) is 1. The second kappa shape index (κ2) is 6.15. The molecule has 6 heteroatoms. The largest absolute Gasteiger partial charge is 0.418 e. The third kappa shape index (κ3) is 3.65. The molecule has 0 aliphatic carbocycles. The number of para-hydroxylation sites is 1. The van der Waals surface area contributed by atoms with Crippen molar-refractivity contribution in [1.82, 2.24) is 5.32 Å². The van der Waals surface area contributed by atoms with Crippen LogP contribution in [0.15, 0.2) is 18.2 Å². The zero-order chi connectivity index (χ0) is 15.5. The molecule has 1 unspecified atom stereocenters. The van der Waals surface area contributed by atoms with Gasteiger partial charge < -0.3 is 11.1 Å². The number of alkyl halides is 3. The van der Waals surface area contributed by atoms with Crippen LogP contribution >= 0.6 is 0 Å². The lowest BCUT2D eigenvalue weighted by Crippen LogP contribution is -2.38. The van der Waals surface area contributed by atoms with Gasteiger partial charge in [0.25, 0.3) is 5.91 Å². The molecular formula is C14H19F3N2O. The highest BCUT2D eigenvalue weighted by molar-refractivity contribution is 6.00. The molecule has 0 heterocycles. The van der Waals surface area contributed by atoms with Crippen molar-refractivity contribution >= 4 is 11.6 Å². The molecule has 3 nitrogen and oxygen atoms in total. The predicted octanol–water partition coefficient (Wildman–Crippen LogP) is 3.45. The van der Waals surface area contributed by atoms with E-state index in [1.807, 2.05) is 20.8 Å². The fourth-order valence-corrected chi connectivity index (χ4v) is 2.00. The van der Waals surface area contributed by atoms with Crippen molar-refractivity contribution in [3.05, 3.63) is 29.3 Å². The molecule has 1 rings (SSSR count). The minimum atomic E-state index is -4.57. The Morgan fingerprint density at radius 2 is 1.95 bits per heavy atom. The van der Waals surface area contributed by atoms with Gasteiger partial charge >= 0.3 is 6.18 Å². The van der Waals surface area contributed by atoms with Crippen LogP contribution in [-0.4, -0.2) is 11.9 Å². The molecule has 0 aromatic heterocycles. The molecule has 0 aliphatic heterocycles. The average Bonchev–Trinajstić information content (AvgIpc) is 2.34. The van der Waals surface area contributed by atoms with Gasteiger partial charge in [-0.3, -0.25) is 4.79 Å². The highest BCUT2D eigenvalue weighted by Crippen LogP contribution is 2.34. The van der Waals surface area contributed by atoms with Gasteiger partial charge in [0.05, 0.1) is 16.8 Å². The molecule has 1 amide bonds. The van der Waals surface area contributed by atoms with Crippen molar-refractivity contribution in [2.45, 2.75) is 39.4 Å². The van der Waals surface area contributed by atoms with Gasteiger partial charge in [-0.15, -0.1) is 0 Å². The first-order valence-corrected chi connectivity index (χ1v) is 6.45. The van der Waals surface area contributed by atoms with Gasteiger partial charge in [-0.25, -0.2) is 0 Å². The van der Waals surface area contributed by atoms with Crippen LogP contribution in [0.3, 0.4) is 0 Å². The molecule has 0 spiro atoms. The minimum Gasteiger partial charge on any atom is -0.398 e. The van der Waals surface area contributed by atoms with Crippen molar-refractivity contribution in [3.8, 4) is 0 Å². The van der Waals surface area contributed by atoms with Gasteiger partial charge in [0.15, 0.2) is 0 Å². The lowest BCUT2D eigenvalue weighted by molar-refractivity contribution is -0.136. The zero-order valence-electron chi connectivity index (χ0n) is 11.7. The maximum atomic E-state index is 12.7. The fraction of sp³-hybridized carbons (Fsp3) is 0.500. The van der Waals surface area contributed by atoms with Gasteiger partial charge in [-0.2, -0.15) is 13.2 Å². The summed E-state index contributed by atoms with van der Waals surface area (Å²) in [6.45, 7) is 5.77. The number of amides is 1. The van der Waals surface area contributed by atoms with E-state index in [-0.39, 0.29) is 17.5 Å². The van der Waals surface area contributed by atoms with Crippen LogP contribution in [0, 0.1) is 5.92 Å². The summed E-state index contributed by atoms with van der Waals surface area (Å²) in [6.07, 6.45) is -3.87. The van der Waals surface area contributed by atoms with Crippen LogP contribution < -0.4 is 11.1 Å². The Hall–Kier alpha value is -1.72. The number of nitrogen functional groups attached to an aromatic ring is 1. The molecular weight excluding hydrogens is 269 g/mol. The topological polar surface area (TPSA) is 55.1 Å². The first kappa shape index (κ1) is 16.3. The number of carbonyl (C=O) groups excluding carboxylic acids is 1. The van der Waals surface area contributed by atoms with Crippen molar-refractivity contribution in [2.75, 3.05) is 5.73 Å². The first-order valence-electron chi connectivity index (χ1n) is 6.45. The number of nitrogens with one attached hydrogen (secondary N) is 1. The molecule has 0 aliphatic rings. The lowest BCUT2D eigenvalue weighted by atomic mass is 10.0. The van der Waals surface area contributed by atoms with Gasteiger partial charge in [-0.1, -0.05) is 26.8 Å². The van der Waals surface area contributed by atoms with E-state index < -0.39 is 23.3 Å².